The average molecular weight is 263 g/mol. The second-order valence-corrected chi connectivity index (χ2v) is 5.65. The van der Waals surface area contributed by atoms with Gasteiger partial charge in [-0.1, -0.05) is 52.0 Å². The molecule has 0 fully saturated rings. The van der Waals surface area contributed by atoms with Gasteiger partial charge in [0.15, 0.2) is 0 Å². The minimum atomic E-state index is -0.183. The van der Waals surface area contributed by atoms with Gasteiger partial charge in [0.25, 0.3) is 0 Å². The first kappa shape index (κ1) is 15.9. The van der Waals surface area contributed by atoms with Crippen LogP contribution in [-0.2, 0) is 5.41 Å². The van der Waals surface area contributed by atoms with Crippen LogP contribution in [0, 0.1) is 5.82 Å². The molecule has 106 valence electrons. The van der Waals surface area contributed by atoms with E-state index >= 15 is 0 Å². The van der Waals surface area contributed by atoms with Crippen LogP contribution in [-0.4, -0.2) is 12.6 Å². The molecule has 0 saturated heterocycles. The van der Waals surface area contributed by atoms with E-state index in [0.29, 0.717) is 6.04 Å². The predicted molar refractivity (Wildman–Crippen MR) is 80.9 cm³/mol. The highest BCUT2D eigenvalue weighted by atomic mass is 19.1. The summed E-state index contributed by atoms with van der Waals surface area (Å²) in [5, 5.41) is 3.55. The van der Waals surface area contributed by atoms with Gasteiger partial charge in [0.1, 0.15) is 5.82 Å². The Bertz CT molecular complexity index is 406. The molecular weight excluding hydrogens is 237 g/mol. The summed E-state index contributed by atoms with van der Waals surface area (Å²) >= 11 is 0. The van der Waals surface area contributed by atoms with Crippen LogP contribution in [0.15, 0.2) is 36.4 Å². The summed E-state index contributed by atoms with van der Waals surface area (Å²) < 4.78 is 13.1. The van der Waals surface area contributed by atoms with Gasteiger partial charge in [-0.25, -0.2) is 4.39 Å². The Morgan fingerprint density at radius 1 is 1.26 bits per heavy atom. The van der Waals surface area contributed by atoms with Gasteiger partial charge in [-0.3, -0.25) is 0 Å². The summed E-state index contributed by atoms with van der Waals surface area (Å²) in [6, 6.07) is 7.15. The van der Waals surface area contributed by atoms with Gasteiger partial charge < -0.3 is 5.32 Å². The van der Waals surface area contributed by atoms with E-state index in [2.05, 4.69) is 39.6 Å². The first-order valence-electron chi connectivity index (χ1n) is 7.07. The van der Waals surface area contributed by atoms with Gasteiger partial charge in [0.2, 0.25) is 0 Å². The summed E-state index contributed by atoms with van der Waals surface area (Å²) in [6.45, 7) is 13.7. The molecular formula is C17H26FN. The van der Waals surface area contributed by atoms with Gasteiger partial charge in [0, 0.05) is 11.5 Å². The third kappa shape index (κ3) is 4.17. The highest BCUT2D eigenvalue weighted by molar-refractivity contribution is 5.27. The number of hydrogen-bond acceptors (Lipinski definition) is 1. The van der Waals surface area contributed by atoms with E-state index in [-0.39, 0.29) is 11.2 Å². The molecule has 0 saturated carbocycles. The van der Waals surface area contributed by atoms with Crippen LogP contribution in [0.3, 0.4) is 0 Å². The van der Waals surface area contributed by atoms with E-state index in [1.54, 1.807) is 0 Å². The molecule has 1 aromatic rings. The first-order chi connectivity index (χ1) is 8.91. The molecule has 1 atom stereocenters. The highest BCUT2D eigenvalue weighted by Crippen LogP contribution is 2.30. The molecule has 0 bridgehead atoms. The van der Waals surface area contributed by atoms with Crippen molar-refractivity contribution in [3.05, 3.63) is 47.8 Å². The summed E-state index contributed by atoms with van der Waals surface area (Å²) in [5.74, 6) is -0.183. The maximum absolute atomic E-state index is 13.1. The highest BCUT2D eigenvalue weighted by Gasteiger charge is 2.30. The Labute approximate surface area is 116 Å². The Balaban J connectivity index is 2.97. The fourth-order valence-electron chi connectivity index (χ4n) is 2.34. The molecule has 2 heteroatoms. The number of likely N-dealkylation sites (N-methyl/N-ethyl adjacent to an activating group) is 1. The largest absolute Gasteiger partial charge is 0.313 e. The number of hydrogen-bond donors (Lipinski definition) is 1. The Morgan fingerprint density at radius 3 is 2.32 bits per heavy atom. The predicted octanol–water partition coefficient (Wildman–Crippen LogP) is 4.44. The van der Waals surface area contributed by atoms with Gasteiger partial charge in [0.05, 0.1) is 0 Å². The summed E-state index contributed by atoms with van der Waals surface area (Å²) in [6.07, 6.45) is 1.95. The van der Waals surface area contributed by atoms with E-state index in [1.807, 2.05) is 12.1 Å². The monoisotopic (exact) mass is 263 g/mol. The fourth-order valence-corrected chi connectivity index (χ4v) is 2.34. The lowest BCUT2D eigenvalue weighted by Crippen LogP contribution is -2.45. The number of nitrogens with one attached hydrogen (secondary N) is 1. The van der Waals surface area contributed by atoms with Crippen LogP contribution in [0.5, 0.6) is 0 Å². The molecule has 0 aromatic heterocycles. The third-order valence-corrected chi connectivity index (χ3v) is 3.90. The Morgan fingerprint density at radius 2 is 1.84 bits per heavy atom. The zero-order valence-corrected chi connectivity index (χ0v) is 12.6. The molecule has 1 rings (SSSR count). The van der Waals surface area contributed by atoms with Gasteiger partial charge in [-0.05, 0) is 37.1 Å². The summed E-state index contributed by atoms with van der Waals surface area (Å²) in [5.41, 5.74) is 2.35. The van der Waals surface area contributed by atoms with Crippen LogP contribution in [0.4, 0.5) is 4.39 Å². The van der Waals surface area contributed by atoms with E-state index in [9.17, 15) is 4.39 Å². The van der Waals surface area contributed by atoms with Crippen LogP contribution >= 0.6 is 0 Å². The summed E-state index contributed by atoms with van der Waals surface area (Å²) in [7, 11) is 0. The van der Waals surface area contributed by atoms with Gasteiger partial charge in [-0.2, -0.15) is 0 Å². The normalized spacial score (nSPS) is 13.3. The number of halogens is 1. The van der Waals surface area contributed by atoms with Crippen molar-refractivity contribution in [3.8, 4) is 0 Å². The fraction of sp³-hybridized carbons (Fsp3) is 0.529. The Kier molecular flexibility index (Phi) is 5.74. The standard InChI is InChI=1S/C17H26FN/c1-6-13(3)12-16(19-7-2)17(4,5)14-8-10-15(18)11-9-14/h8-11,16,19H,3,6-7,12H2,1-2,4-5H3. The molecule has 0 aliphatic heterocycles. The zero-order chi connectivity index (χ0) is 14.5. The molecule has 1 unspecified atom stereocenters. The molecule has 0 aliphatic rings. The number of rotatable bonds is 7. The maximum atomic E-state index is 13.1. The van der Waals surface area contributed by atoms with Crippen molar-refractivity contribution in [2.45, 2.75) is 52.0 Å². The molecule has 0 aliphatic carbocycles. The van der Waals surface area contributed by atoms with Gasteiger partial charge >= 0.3 is 0 Å². The van der Waals surface area contributed by atoms with Crippen LogP contribution < -0.4 is 5.32 Å². The van der Waals surface area contributed by atoms with Crippen molar-refractivity contribution < 1.29 is 4.39 Å². The zero-order valence-electron chi connectivity index (χ0n) is 12.6. The lowest BCUT2D eigenvalue weighted by atomic mass is 9.75. The van der Waals surface area contributed by atoms with Crippen LogP contribution in [0.25, 0.3) is 0 Å². The van der Waals surface area contributed by atoms with Crippen molar-refractivity contribution in [1.29, 1.82) is 0 Å². The molecule has 1 N–H and O–H groups in total. The minimum Gasteiger partial charge on any atom is -0.313 e. The molecule has 19 heavy (non-hydrogen) atoms. The maximum Gasteiger partial charge on any atom is 0.123 e. The minimum absolute atomic E-state index is 0.0537. The van der Waals surface area contributed by atoms with E-state index in [4.69, 9.17) is 0 Å². The van der Waals surface area contributed by atoms with E-state index in [0.717, 1.165) is 24.9 Å². The molecule has 0 radical (unpaired) electrons. The topological polar surface area (TPSA) is 12.0 Å². The van der Waals surface area contributed by atoms with Crippen molar-refractivity contribution in [2.75, 3.05) is 6.54 Å². The SMILES string of the molecule is C=C(CC)CC(NCC)C(C)(C)c1ccc(F)cc1. The molecule has 0 heterocycles. The second-order valence-electron chi connectivity index (χ2n) is 5.65. The summed E-state index contributed by atoms with van der Waals surface area (Å²) in [4.78, 5) is 0. The van der Waals surface area contributed by atoms with Crippen molar-refractivity contribution in [2.24, 2.45) is 0 Å². The number of benzene rings is 1. The van der Waals surface area contributed by atoms with Crippen LogP contribution in [0.2, 0.25) is 0 Å². The molecule has 0 amide bonds. The van der Waals surface area contributed by atoms with Crippen LogP contribution in [0.1, 0.15) is 46.1 Å². The van der Waals surface area contributed by atoms with Gasteiger partial charge in [-0.15, -0.1) is 0 Å². The average Bonchev–Trinajstić information content (AvgIpc) is 2.38. The lowest BCUT2D eigenvalue weighted by molar-refractivity contribution is 0.340. The van der Waals surface area contributed by atoms with Crippen molar-refractivity contribution in [1.82, 2.24) is 5.32 Å². The van der Waals surface area contributed by atoms with E-state index in [1.165, 1.54) is 17.7 Å². The first-order valence-corrected chi connectivity index (χ1v) is 7.07. The van der Waals surface area contributed by atoms with Crippen molar-refractivity contribution in [3.63, 3.8) is 0 Å². The third-order valence-electron chi connectivity index (χ3n) is 3.90. The van der Waals surface area contributed by atoms with E-state index < -0.39 is 0 Å². The smallest absolute Gasteiger partial charge is 0.123 e. The molecule has 0 spiro atoms. The Hall–Kier alpha value is -1.15. The second kappa shape index (κ2) is 6.85. The molecule has 1 nitrogen and oxygen atoms in total. The van der Waals surface area contributed by atoms with Crippen molar-refractivity contribution >= 4 is 0 Å². The molecule has 1 aromatic carbocycles. The lowest BCUT2D eigenvalue weighted by Gasteiger charge is -2.36. The quantitative estimate of drug-likeness (QED) is 0.717.